The highest BCUT2D eigenvalue weighted by atomic mass is 16.6. The molecule has 2 aliphatic carbocycles. The van der Waals surface area contributed by atoms with Crippen molar-refractivity contribution in [2.45, 2.75) is 69.5 Å². The van der Waals surface area contributed by atoms with Gasteiger partial charge in [0.05, 0.1) is 25.4 Å². The third-order valence-electron chi connectivity index (χ3n) is 8.21. The molecule has 2 bridgehead atoms. The molecule has 1 saturated carbocycles. The Labute approximate surface area is 204 Å². The zero-order chi connectivity index (χ0) is 24.8. The van der Waals surface area contributed by atoms with Gasteiger partial charge in [-0.25, -0.2) is 14.4 Å². The lowest BCUT2D eigenvalue weighted by Crippen LogP contribution is -2.60. The van der Waals surface area contributed by atoms with Crippen molar-refractivity contribution in [2.24, 2.45) is 17.3 Å². The number of esters is 3. The Hall–Kier alpha value is -2.49. The monoisotopic (exact) mass is 488 g/mol. The highest BCUT2D eigenvalue weighted by Crippen LogP contribution is 2.65. The molecule has 0 amide bonds. The van der Waals surface area contributed by atoms with Crippen LogP contribution in [-0.2, 0) is 38.1 Å². The van der Waals surface area contributed by atoms with Gasteiger partial charge < -0.3 is 28.8 Å². The molecule has 0 radical (unpaired) electrons. The molecular weight excluding hydrogens is 456 g/mol. The van der Waals surface area contributed by atoms with Gasteiger partial charge in [-0.2, -0.15) is 0 Å². The van der Waals surface area contributed by atoms with Crippen LogP contribution >= 0.6 is 0 Å². The molecule has 9 heteroatoms. The van der Waals surface area contributed by atoms with E-state index in [4.69, 9.17) is 23.7 Å². The minimum atomic E-state index is -1.36. The van der Waals surface area contributed by atoms with E-state index in [1.807, 2.05) is 0 Å². The molecule has 0 aromatic rings. The van der Waals surface area contributed by atoms with Gasteiger partial charge in [-0.15, -0.1) is 0 Å². The number of hydrogen-bond acceptors (Lipinski definition) is 9. The molecule has 5 rings (SSSR count). The molecule has 9 nitrogen and oxygen atoms in total. The first kappa shape index (κ1) is 24.2. The van der Waals surface area contributed by atoms with Crippen molar-refractivity contribution in [1.82, 2.24) is 0 Å². The molecule has 0 aromatic carbocycles. The van der Waals surface area contributed by atoms with Crippen LogP contribution in [0.5, 0.6) is 0 Å². The van der Waals surface area contributed by atoms with Gasteiger partial charge in [0.2, 0.25) is 0 Å². The number of carbonyl (C=O) groups is 3. The molecule has 2 saturated heterocycles. The Morgan fingerprint density at radius 1 is 1.06 bits per heavy atom. The van der Waals surface area contributed by atoms with Gasteiger partial charge in [0.25, 0.3) is 0 Å². The van der Waals surface area contributed by atoms with E-state index < -0.39 is 47.0 Å². The second kappa shape index (κ2) is 9.19. The number of epoxide rings is 1. The van der Waals surface area contributed by atoms with Gasteiger partial charge in [0.1, 0.15) is 18.3 Å². The quantitative estimate of drug-likeness (QED) is 0.235. The first-order valence-corrected chi connectivity index (χ1v) is 12.3. The van der Waals surface area contributed by atoms with Gasteiger partial charge in [0, 0.05) is 29.9 Å². The molecule has 190 valence electrons. The molecule has 3 fully saturated rings. The third-order valence-corrected chi connectivity index (χ3v) is 8.21. The average molecular weight is 489 g/mol. The fraction of sp³-hybridized carbons (Fsp3) is 0.654. The Kier molecular flexibility index (Phi) is 6.35. The topological polar surface area (TPSA) is 121 Å². The molecule has 5 aliphatic rings. The summed E-state index contributed by atoms with van der Waals surface area (Å²) in [5.74, 6) is -2.53. The summed E-state index contributed by atoms with van der Waals surface area (Å²) < 4.78 is 29.2. The van der Waals surface area contributed by atoms with Gasteiger partial charge in [-0.3, -0.25) is 0 Å². The molecule has 0 aromatic heterocycles. The highest BCUT2D eigenvalue weighted by molar-refractivity contribution is 5.84. The number of carbonyl (C=O) groups excluding carboxylic acids is 3. The lowest BCUT2D eigenvalue weighted by molar-refractivity contribution is -0.199. The minimum absolute atomic E-state index is 0.0220. The summed E-state index contributed by atoms with van der Waals surface area (Å²) in [6.07, 6.45) is 7.29. The fourth-order valence-corrected chi connectivity index (χ4v) is 6.19. The van der Waals surface area contributed by atoms with Gasteiger partial charge in [-0.05, 0) is 32.1 Å². The molecule has 2 spiro atoms. The minimum Gasteiger partial charge on any atom is -0.463 e. The number of aliphatic hydroxyl groups is 1. The maximum Gasteiger partial charge on any atom is 0.335 e. The Balaban J connectivity index is 1.48. The van der Waals surface area contributed by atoms with Crippen molar-refractivity contribution >= 4 is 17.9 Å². The van der Waals surface area contributed by atoms with Crippen LogP contribution in [-0.4, -0.2) is 72.9 Å². The number of ether oxygens (including phenoxy) is 5. The number of hydrogen-bond donors (Lipinski definition) is 1. The third kappa shape index (κ3) is 4.34. The number of cyclic esters (lactones) is 2. The first-order chi connectivity index (χ1) is 16.7. The molecule has 8 atom stereocenters. The van der Waals surface area contributed by atoms with Crippen molar-refractivity contribution in [2.75, 3.05) is 19.8 Å². The molecule has 0 unspecified atom stereocenters. The van der Waals surface area contributed by atoms with Crippen LogP contribution in [0.15, 0.2) is 36.0 Å². The maximum absolute atomic E-state index is 12.8. The molecule has 1 N–H and O–H groups in total. The molecule has 3 aliphatic heterocycles. The van der Waals surface area contributed by atoms with Crippen LogP contribution in [0, 0.1) is 17.3 Å². The van der Waals surface area contributed by atoms with E-state index >= 15 is 0 Å². The molecule has 3 heterocycles. The average Bonchev–Trinajstić information content (AvgIpc) is 3.56. The van der Waals surface area contributed by atoms with Crippen molar-refractivity contribution in [1.29, 1.82) is 0 Å². The van der Waals surface area contributed by atoms with Gasteiger partial charge in [0.15, 0.2) is 6.10 Å². The first-order valence-electron chi connectivity index (χ1n) is 12.3. The SMILES string of the molecule is CC1=C[C@@H]2O[C@H]3C[C@H]4OC(=O)/C=C\C=C\C(=O)OCC[C@@H](C)[C@H](O)C(=O)OC[C@@]2(CC1)[C@H]4[C@@]31CO1. The maximum atomic E-state index is 12.8. The summed E-state index contributed by atoms with van der Waals surface area (Å²) >= 11 is 0. The van der Waals surface area contributed by atoms with E-state index in [1.54, 1.807) is 6.92 Å². The Morgan fingerprint density at radius 2 is 1.80 bits per heavy atom. The smallest absolute Gasteiger partial charge is 0.335 e. The fourth-order valence-electron chi connectivity index (χ4n) is 6.19. The summed E-state index contributed by atoms with van der Waals surface area (Å²) in [6, 6.07) is 0. The summed E-state index contributed by atoms with van der Waals surface area (Å²) in [5, 5.41) is 10.6. The van der Waals surface area contributed by atoms with E-state index in [-0.39, 0.29) is 31.3 Å². The number of rotatable bonds is 0. The van der Waals surface area contributed by atoms with Crippen LogP contribution in [0.25, 0.3) is 0 Å². The highest BCUT2D eigenvalue weighted by Gasteiger charge is 2.76. The Bertz CT molecular complexity index is 977. The van der Waals surface area contributed by atoms with E-state index in [0.29, 0.717) is 25.9 Å². The van der Waals surface area contributed by atoms with Crippen LogP contribution < -0.4 is 0 Å². The number of allylic oxidation sites excluding steroid dienone is 3. The summed E-state index contributed by atoms with van der Waals surface area (Å²) in [5.41, 5.74) is -0.00513. The van der Waals surface area contributed by atoms with Gasteiger partial charge in [-0.1, -0.05) is 30.7 Å². The largest absolute Gasteiger partial charge is 0.463 e. The molecule has 35 heavy (non-hydrogen) atoms. The lowest BCUT2D eigenvalue weighted by atomic mass is 9.60. The van der Waals surface area contributed by atoms with E-state index in [0.717, 1.165) is 6.42 Å². The standard InChI is InChI=1S/C26H32O9/c1-15-7-9-25-13-32-24(30)22(29)16(2)8-10-31-20(27)5-3-4-6-21(28)34-17-12-19(35-18(25)11-15)26(14-33-26)23(17)25/h3-6,11,16-19,22-23,29H,7-10,12-14H2,1-2H3/b5-3+,6-4-/t16-,17-,18+,19+,22+,23+,25-,26-/m1/s1. The predicted octanol–water partition coefficient (Wildman–Crippen LogP) is 1.78. The van der Waals surface area contributed by atoms with Crippen molar-refractivity contribution in [3.63, 3.8) is 0 Å². The second-order valence-corrected chi connectivity index (χ2v) is 10.4. The lowest BCUT2D eigenvalue weighted by Gasteiger charge is -2.52. The van der Waals surface area contributed by atoms with E-state index in [1.165, 1.54) is 29.9 Å². The van der Waals surface area contributed by atoms with Crippen molar-refractivity contribution < 1.29 is 43.2 Å². The Morgan fingerprint density at radius 3 is 2.54 bits per heavy atom. The van der Waals surface area contributed by atoms with Crippen molar-refractivity contribution in [3.8, 4) is 0 Å². The second-order valence-electron chi connectivity index (χ2n) is 10.4. The normalized spacial score (nSPS) is 45.7. The van der Waals surface area contributed by atoms with E-state index in [9.17, 15) is 19.5 Å². The van der Waals surface area contributed by atoms with Crippen molar-refractivity contribution in [3.05, 3.63) is 36.0 Å². The van der Waals surface area contributed by atoms with Crippen LogP contribution in [0.2, 0.25) is 0 Å². The predicted molar refractivity (Wildman–Crippen MR) is 121 cm³/mol. The van der Waals surface area contributed by atoms with Crippen LogP contribution in [0.4, 0.5) is 0 Å². The van der Waals surface area contributed by atoms with E-state index in [2.05, 4.69) is 13.0 Å². The summed E-state index contributed by atoms with van der Waals surface area (Å²) in [7, 11) is 0. The summed E-state index contributed by atoms with van der Waals surface area (Å²) in [6.45, 7) is 4.32. The zero-order valence-electron chi connectivity index (χ0n) is 20.0. The molecular formula is C26H32O9. The number of aliphatic hydroxyl groups excluding tert-OH is 1. The van der Waals surface area contributed by atoms with Gasteiger partial charge >= 0.3 is 17.9 Å². The summed E-state index contributed by atoms with van der Waals surface area (Å²) in [4.78, 5) is 37.3. The van der Waals surface area contributed by atoms with Crippen LogP contribution in [0.1, 0.15) is 39.5 Å². The zero-order valence-corrected chi connectivity index (χ0v) is 20.0. The van der Waals surface area contributed by atoms with Crippen LogP contribution in [0.3, 0.4) is 0 Å².